The lowest BCUT2D eigenvalue weighted by molar-refractivity contribution is 0.0698. The normalized spacial score (nSPS) is 19.5. The molecule has 104 valence electrons. The molecule has 1 amide bonds. The topological polar surface area (TPSA) is 41.6 Å². The third-order valence-corrected chi connectivity index (χ3v) is 3.63. The van der Waals surface area contributed by atoms with Crippen LogP contribution in [0.5, 0.6) is 0 Å². The Bertz CT molecular complexity index is 417. The van der Waals surface area contributed by atoms with Gasteiger partial charge in [0.1, 0.15) is 0 Å². The number of rotatable bonds is 4. The number of ether oxygens (including phenoxy) is 1. The second kappa shape index (κ2) is 6.68. The largest absolute Gasteiger partial charge is 0.380 e. The fourth-order valence-corrected chi connectivity index (χ4v) is 2.49. The number of piperidine rings is 1. The highest BCUT2D eigenvalue weighted by Gasteiger charge is 2.23. The molecule has 0 spiro atoms. The Kier molecular flexibility index (Phi) is 4.93. The van der Waals surface area contributed by atoms with Crippen molar-refractivity contribution in [2.45, 2.75) is 25.5 Å². The van der Waals surface area contributed by atoms with Crippen LogP contribution in [-0.2, 0) is 11.3 Å². The molecule has 0 aromatic heterocycles. The predicted molar refractivity (Wildman–Crippen MR) is 75.1 cm³/mol. The molecule has 1 N–H and O–H groups in total. The van der Waals surface area contributed by atoms with Crippen molar-refractivity contribution in [3.8, 4) is 0 Å². The predicted octanol–water partition coefficient (Wildman–Crippen LogP) is 1.66. The molecule has 1 saturated heterocycles. The van der Waals surface area contributed by atoms with Crippen LogP contribution in [-0.4, -0.2) is 44.1 Å². The number of methoxy groups -OCH3 is 1. The van der Waals surface area contributed by atoms with Gasteiger partial charge in [0.05, 0.1) is 6.61 Å². The molecule has 19 heavy (non-hydrogen) atoms. The van der Waals surface area contributed by atoms with Crippen molar-refractivity contribution < 1.29 is 9.53 Å². The van der Waals surface area contributed by atoms with E-state index in [4.69, 9.17) is 4.74 Å². The van der Waals surface area contributed by atoms with Gasteiger partial charge >= 0.3 is 0 Å². The molecule has 1 aliphatic rings. The summed E-state index contributed by atoms with van der Waals surface area (Å²) in [5.41, 5.74) is 1.85. The van der Waals surface area contributed by atoms with Crippen LogP contribution in [0.4, 0.5) is 0 Å². The molecule has 4 heteroatoms. The van der Waals surface area contributed by atoms with Crippen molar-refractivity contribution in [3.05, 3.63) is 35.4 Å². The first kappa shape index (κ1) is 14.0. The smallest absolute Gasteiger partial charge is 0.253 e. The standard InChI is InChI=1S/C15H22N2O2/c1-16-14-4-3-9-17(10-14)15(18)13-7-5-12(6-8-13)11-19-2/h5-8,14,16H,3-4,9-11H2,1-2H3/t14-/m0/s1. The van der Waals surface area contributed by atoms with E-state index in [1.807, 2.05) is 36.2 Å². The summed E-state index contributed by atoms with van der Waals surface area (Å²) < 4.78 is 5.07. The second-order valence-corrected chi connectivity index (χ2v) is 5.01. The van der Waals surface area contributed by atoms with Gasteiger partial charge in [-0.15, -0.1) is 0 Å². The minimum absolute atomic E-state index is 0.129. The summed E-state index contributed by atoms with van der Waals surface area (Å²) in [6, 6.07) is 8.11. The summed E-state index contributed by atoms with van der Waals surface area (Å²) in [5, 5.41) is 3.26. The van der Waals surface area contributed by atoms with E-state index in [0.717, 1.165) is 37.1 Å². The van der Waals surface area contributed by atoms with Crippen LogP contribution >= 0.6 is 0 Å². The van der Waals surface area contributed by atoms with Crippen molar-refractivity contribution in [3.63, 3.8) is 0 Å². The van der Waals surface area contributed by atoms with E-state index in [0.29, 0.717) is 12.6 Å². The summed E-state index contributed by atoms with van der Waals surface area (Å²) in [4.78, 5) is 14.3. The third kappa shape index (κ3) is 3.55. The molecule has 1 aromatic rings. The van der Waals surface area contributed by atoms with Gasteiger partial charge in [-0.3, -0.25) is 4.79 Å². The zero-order valence-corrected chi connectivity index (χ0v) is 11.7. The van der Waals surface area contributed by atoms with Gasteiger partial charge in [-0.1, -0.05) is 12.1 Å². The summed E-state index contributed by atoms with van der Waals surface area (Å²) >= 11 is 0. The van der Waals surface area contributed by atoms with Gasteiger partial charge in [0.25, 0.3) is 5.91 Å². The van der Waals surface area contributed by atoms with Crippen molar-refractivity contribution in [2.24, 2.45) is 0 Å². The van der Waals surface area contributed by atoms with Gasteiger partial charge in [-0.05, 0) is 37.6 Å². The molecule has 0 unspecified atom stereocenters. The van der Waals surface area contributed by atoms with Crippen LogP contribution in [0.3, 0.4) is 0 Å². The monoisotopic (exact) mass is 262 g/mol. The maximum absolute atomic E-state index is 12.4. The van der Waals surface area contributed by atoms with E-state index in [-0.39, 0.29) is 5.91 Å². The third-order valence-electron chi connectivity index (χ3n) is 3.63. The number of carbonyl (C=O) groups is 1. The van der Waals surface area contributed by atoms with E-state index in [1.54, 1.807) is 7.11 Å². The van der Waals surface area contributed by atoms with Crippen molar-refractivity contribution >= 4 is 5.91 Å². The van der Waals surface area contributed by atoms with E-state index in [1.165, 1.54) is 0 Å². The maximum atomic E-state index is 12.4. The second-order valence-electron chi connectivity index (χ2n) is 5.01. The molecule has 0 saturated carbocycles. The number of nitrogens with zero attached hydrogens (tertiary/aromatic N) is 1. The van der Waals surface area contributed by atoms with Crippen LogP contribution in [0, 0.1) is 0 Å². The Hall–Kier alpha value is -1.39. The van der Waals surface area contributed by atoms with Gasteiger partial charge in [-0.25, -0.2) is 0 Å². The minimum atomic E-state index is 0.129. The molecule has 4 nitrogen and oxygen atoms in total. The Morgan fingerprint density at radius 3 is 2.79 bits per heavy atom. The van der Waals surface area contributed by atoms with Gasteiger partial charge in [0.15, 0.2) is 0 Å². The molecule has 0 bridgehead atoms. The molecule has 1 heterocycles. The highest BCUT2D eigenvalue weighted by molar-refractivity contribution is 5.94. The Morgan fingerprint density at radius 2 is 2.16 bits per heavy atom. The number of likely N-dealkylation sites (N-methyl/N-ethyl adjacent to an activating group) is 1. The lowest BCUT2D eigenvalue weighted by Crippen LogP contribution is -2.46. The van der Waals surface area contributed by atoms with Crippen molar-refractivity contribution in [2.75, 3.05) is 27.2 Å². The Morgan fingerprint density at radius 1 is 1.42 bits per heavy atom. The van der Waals surface area contributed by atoms with Crippen molar-refractivity contribution in [1.29, 1.82) is 0 Å². The lowest BCUT2D eigenvalue weighted by Gasteiger charge is -2.32. The molecular weight excluding hydrogens is 240 g/mol. The first-order valence-electron chi connectivity index (χ1n) is 6.79. The van der Waals surface area contributed by atoms with Crippen LogP contribution in [0.15, 0.2) is 24.3 Å². The van der Waals surface area contributed by atoms with Gasteiger partial charge < -0.3 is 15.0 Å². The number of hydrogen-bond acceptors (Lipinski definition) is 3. The number of hydrogen-bond donors (Lipinski definition) is 1. The Labute approximate surface area is 114 Å². The minimum Gasteiger partial charge on any atom is -0.380 e. The van der Waals surface area contributed by atoms with Crippen LogP contribution in [0.1, 0.15) is 28.8 Å². The highest BCUT2D eigenvalue weighted by Crippen LogP contribution is 2.14. The summed E-state index contributed by atoms with van der Waals surface area (Å²) in [6.45, 7) is 2.24. The van der Waals surface area contributed by atoms with E-state index < -0.39 is 0 Å². The number of likely N-dealkylation sites (tertiary alicyclic amines) is 1. The molecule has 0 aliphatic carbocycles. The quantitative estimate of drug-likeness (QED) is 0.897. The number of benzene rings is 1. The van der Waals surface area contributed by atoms with Gasteiger partial charge in [0.2, 0.25) is 0 Å². The average molecular weight is 262 g/mol. The van der Waals surface area contributed by atoms with Gasteiger partial charge in [-0.2, -0.15) is 0 Å². The molecular formula is C15H22N2O2. The first-order valence-corrected chi connectivity index (χ1v) is 6.79. The molecule has 0 radical (unpaired) electrons. The number of nitrogens with one attached hydrogen (secondary N) is 1. The maximum Gasteiger partial charge on any atom is 0.253 e. The lowest BCUT2D eigenvalue weighted by atomic mass is 10.0. The molecule has 1 fully saturated rings. The molecule has 1 atom stereocenters. The van der Waals surface area contributed by atoms with Crippen LogP contribution in [0.25, 0.3) is 0 Å². The molecule has 2 rings (SSSR count). The number of carbonyl (C=O) groups excluding carboxylic acids is 1. The highest BCUT2D eigenvalue weighted by atomic mass is 16.5. The molecule has 1 aliphatic heterocycles. The van der Waals surface area contributed by atoms with Gasteiger partial charge in [0, 0.05) is 31.8 Å². The van der Waals surface area contributed by atoms with E-state index in [2.05, 4.69) is 5.32 Å². The zero-order chi connectivity index (χ0) is 13.7. The first-order chi connectivity index (χ1) is 9.24. The fraction of sp³-hybridized carbons (Fsp3) is 0.533. The fourth-order valence-electron chi connectivity index (χ4n) is 2.49. The van der Waals surface area contributed by atoms with Crippen LogP contribution in [0.2, 0.25) is 0 Å². The SMILES string of the molecule is CN[C@H]1CCCN(C(=O)c2ccc(COC)cc2)C1. The van der Waals surface area contributed by atoms with E-state index in [9.17, 15) is 4.79 Å². The summed E-state index contributed by atoms with van der Waals surface area (Å²) in [5.74, 6) is 0.129. The average Bonchev–Trinajstić information content (AvgIpc) is 2.48. The van der Waals surface area contributed by atoms with E-state index >= 15 is 0 Å². The Balaban J connectivity index is 2.02. The zero-order valence-electron chi connectivity index (χ0n) is 11.7. The van der Waals surface area contributed by atoms with Crippen molar-refractivity contribution in [1.82, 2.24) is 10.2 Å². The summed E-state index contributed by atoms with van der Waals surface area (Å²) in [7, 11) is 3.63. The molecule has 1 aromatic carbocycles. The summed E-state index contributed by atoms with van der Waals surface area (Å²) in [6.07, 6.45) is 2.21. The van der Waals surface area contributed by atoms with Crippen LogP contribution < -0.4 is 5.32 Å². The number of amides is 1.